The lowest BCUT2D eigenvalue weighted by Gasteiger charge is -2.06. The molecule has 0 atom stereocenters. The number of nitrogens with one attached hydrogen (secondary N) is 1. The maximum absolute atomic E-state index is 13.7. The Hall–Kier alpha value is -2.24. The van der Waals surface area contributed by atoms with E-state index >= 15 is 0 Å². The highest BCUT2D eigenvalue weighted by Crippen LogP contribution is 2.30. The lowest BCUT2D eigenvalue weighted by Crippen LogP contribution is -2.15. The number of amides is 1. The van der Waals surface area contributed by atoms with Gasteiger partial charge in [-0.05, 0) is 30.7 Å². The Morgan fingerprint density at radius 3 is 2.88 bits per heavy atom. The third-order valence-electron chi connectivity index (χ3n) is 3.39. The van der Waals surface area contributed by atoms with Gasteiger partial charge in [-0.2, -0.15) is 0 Å². The molecule has 0 aliphatic rings. The average molecular weight is 361 g/mol. The summed E-state index contributed by atoms with van der Waals surface area (Å²) in [6.07, 6.45) is 0.0777. The second-order valence-electron chi connectivity index (χ2n) is 5.33. The minimum Gasteiger partial charge on any atom is -0.323 e. The van der Waals surface area contributed by atoms with Gasteiger partial charge >= 0.3 is 0 Å². The molecule has 6 heteroatoms. The molecule has 122 valence electrons. The van der Waals surface area contributed by atoms with Gasteiger partial charge in [0.2, 0.25) is 5.91 Å². The van der Waals surface area contributed by atoms with E-state index in [0.717, 1.165) is 16.1 Å². The number of rotatable bonds is 4. The molecular weight excluding hydrogens is 347 g/mol. The van der Waals surface area contributed by atoms with Crippen molar-refractivity contribution in [1.82, 2.24) is 4.98 Å². The number of nitrogens with zero attached hydrogens (tertiary/aromatic N) is 1. The van der Waals surface area contributed by atoms with Crippen LogP contribution in [0.5, 0.6) is 0 Å². The third-order valence-corrected chi connectivity index (χ3v) is 4.65. The molecule has 3 nitrogen and oxygen atoms in total. The topological polar surface area (TPSA) is 42.0 Å². The van der Waals surface area contributed by atoms with E-state index in [1.807, 2.05) is 30.5 Å². The molecule has 1 amide bonds. The average Bonchev–Trinajstić information content (AvgIpc) is 2.99. The molecular formula is C18H14ClFN2OS. The van der Waals surface area contributed by atoms with Crippen LogP contribution in [0.15, 0.2) is 47.8 Å². The van der Waals surface area contributed by atoms with E-state index < -0.39 is 5.82 Å². The summed E-state index contributed by atoms with van der Waals surface area (Å²) in [4.78, 5) is 16.6. The molecule has 1 aromatic heterocycles. The van der Waals surface area contributed by atoms with Crippen LogP contribution < -0.4 is 5.32 Å². The van der Waals surface area contributed by atoms with Crippen molar-refractivity contribution in [2.24, 2.45) is 0 Å². The third kappa shape index (κ3) is 3.80. The van der Waals surface area contributed by atoms with Crippen LogP contribution in [0.4, 0.5) is 10.1 Å². The molecule has 0 spiro atoms. The van der Waals surface area contributed by atoms with Crippen molar-refractivity contribution in [2.75, 3.05) is 5.32 Å². The molecule has 3 aromatic rings. The van der Waals surface area contributed by atoms with E-state index in [9.17, 15) is 9.18 Å². The highest BCUT2D eigenvalue weighted by atomic mass is 35.5. The molecule has 2 aromatic carbocycles. The Morgan fingerprint density at radius 1 is 1.29 bits per heavy atom. The fraction of sp³-hybridized carbons (Fsp3) is 0.111. The first-order valence-electron chi connectivity index (χ1n) is 7.28. The van der Waals surface area contributed by atoms with Gasteiger partial charge in [-0.25, -0.2) is 9.37 Å². The first-order chi connectivity index (χ1) is 11.5. The fourth-order valence-electron chi connectivity index (χ4n) is 2.24. The van der Waals surface area contributed by atoms with Crippen LogP contribution in [-0.4, -0.2) is 10.9 Å². The second kappa shape index (κ2) is 7.11. The van der Waals surface area contributed by atoms with Crippen LogP contribution in [0.25, 0.3) is 10.6 Å². The number of hydrogen-bond donors (Lipinski definition) is 1. The Kier molecular flexibility index (Phi) is 4.92. The quantitative estimate of drug-likeness (QED) is 0.704. The van der Waals surface area contributed by atoms with Crippen LogP contribution in [-0.2, 0) is 11.2 Å². The number of carbonyl (C=O) groups excluding carboxylic acids is 1. The summed E-state index contributed by atoms with van der Waals surface area (Å²) in [6.45, 7) is 1.84. The number of halogens is 2. The van der Waals surface area contributed by atoms with Gasteiger partial charge in [-0.15, -0.1) is 11.3 Å². The zero-order valence-electron chi connectivity index (χ0n) is 12.8. The van der Waals surface area contributed by atoms with Gasteiger partial charge in [0, 0.05) is 10.9 Å². The summed E-state index contributed by atoms with van der Waals surface area (Å²) in [5.74, 6) is -0.764. The van der Waals surface area contributed by atoms with Gasteiger partial charge < -0.3 is 5.32 Å². The number of benzene rings is 2. The Balaban J connectivity index is 1.72. The fourth-order valence-corrected chi connectivity index (χ4v) is 3.38. The summed E-state index contributed by atoms with van der Waals surface area (Å²) in [7, 11) is 0. The summed E-state index contributed by atoms with van der Waals surface area (Å²) < 4.78 is 13.7. The predicted molar refractivity (Wildman–Crippen MR) is 96.0 cm³/mol. The molecule has 0 aliphatic carbocycles. The standard InChI is InChI=1S/C18H14ClFN2OS/c1-11-6-7-15(20)16(8-11)22-17(23)9-12-10-24-18(21-12)13-4-2-3-5-14(13)19/h2-8,10H,9H2,1H3,(H,22,23). The second-order valence-corrected chi connectivity index (χ2v) is 6.60. The number of hydrogen-bond acceptors (Lipinski definition) is 3. The number of carbonyl (C=O) groups is 1. The molecule has 0 fully saturated rings. The van der Waals surface area contributed by atoms with Crippen LogP contribution >= 0.6 is 22.9 Å². The van der Waals surface area contributed by atoms with Gasteiger partial charge in [0.25, 0.3) is 0 Å². The smallest absolute Gasteiger partial charge is 0.230 e. The molecule has 1 N–H and O–H groups in total. The molecule has 24 heavy (non-hydrogen) atoms. The summed E-state index contributed by atoms with van der Waals surface area (Å²) in [6, 6.07) is 12.0. The van der Waals surface area contributed by atoms with E-state index in [0.29, 0.717) is 10.7 Å². The molecule has 0 radical (unpaired) electrons. The van der Waals surface area contributed by atoms with E-state index in [-0.39, 0.29) is 18.0 Å². The maximum atomic E-state index is 13.7. The minimum atomic E-state index is -0.455. The Labute approximate surface area is 148 Å². The van der Waals surface area contributed by atoms with Gasteiger partial charge in [-0.1, -0.05) is 35.9 Å². The van der Waals surface area contributed by atoms with Crippen molar-refractivity contribution < 1.29 is 9.18 Å². The Bertz CT molecular complexity index is 894. The Morgan fingerprint density at radius 2 is 2.08 bits per heavy atom. The van der Waals surface area contributed by atoms with Crippen molar-refractivity contribution in [3.63, 3.8) is 0 Å². The van der Waals surface area contributed by atoms with Crippen molar-refractivity contribution >= 4 is 34.5 Å². The van der Waals surface area contributed by atoms with E-state index in [1.54, 1.807) is 18.2 Å². The van der Waals surface area contributed by atoms with E-state index in [1.165, 1.54) is 17.4 Å². The zero-order valence-corrected chi connectivity index (χ0v) is 14.4. The summed E-state index contributed by atoms with van der Waals surface area (Å²) in [5.41, 5.74) is 2.52. The lowest BCUT2D eigenvalue weighted by molar-refractivity contribution is -0.115. The number of thiazole rings is 1. The molecule has 3 rings (SSSR count). The van der Waals surface area contributed by atoms with Gasteiger partial charge in [-0.3, -0.25) is 4.79 Å². The van der Waals surface area contributed by atoms with E-state index in [2.05, 4.69) is 10.3 Å². The van der Waals surface area contributed by atoms with Crippen molar-refractivity contribution in [3.05, 3.63) is 69.9 Å². The normalized spacial score (nSPS) is 10.6. The highest BCUT2D eigenvalue weighted by molar-refractivity contribution is 7.13. The van der Waals surface area contributed by atoms with Crippen LogP contribution in [0, 0.1) is 12.7 Å². The monoisotopic (exact) mass is 360 g/mol. The minimum absolute atomic E-state index is 0.0777. The van der Waals surface area contributed by atoms with Crippen molar-refractivity contribution in [1.29, 1.82) is 0 Å². The zero-order chi connectivity index (χ0) is 17.1. The first-order valence-corrected chi connectivity index (χ1v) is 8.54. The van der Waals surface area contributed by atoms with Crippen LogP contribution in [0.3, 0.4) is 0 Å². The first kappa shape index (κ1) is 16.6. The lowest BCUT2D eigenvalue weighted by atomic mass is 10.2. The molecule has 0 bridgehead atoms. The maximum Gasteiger partial charge on any atom is 0.230 e. The van der Waals surface area contributed by atoms with E-state index in [4.69, 9.17) is 11.6 Å². The molecule has 0 aliphatic heterocycles. The highest BCUT2D eigenvalue weighted by Gasteiger charge is 2.12. The van der Waals surface area contributed by atoms with Crippen molar-refractivity contribution in [2.45, 2.75) is 13.3 Å². The summed E-state index contributed by atoms with van der Waals surface area (Å²) in [5, 5.41) is 5.77. The molecule has 0 saturated heterocycles. The molecule has 0 saturated carbocycles. The van der Waals surface area contributed by atoms with Gasteiger partial charge in [0.05, 0.1) is 22.8 Å². The van der Waals surface area contributed by atoms with Crippen LogP contribution in [0.1, 0.15) is 11.3 Å². The van der Waals surface area contributed by atoms with Crippen molar-refractivity contribution in [3.8, 4) is 10.6 Å². The molecule has 1 heterocycles. The largest absolute Gasteiger partial charge is 0.323 e. The van der Waals surface area contributed by atoms with Gasteiger partial charge in [0.15, 0.2) is 0 Å². The van der Waals surface area contributed by atoms with Gasteiger partial charge in [0.1, 0.15) is 10.8 Å². The number of aryl methyl sites for hydroxylation is 1. The predicted octanol–water partition coefficient (Wildman–Crippen LogP) is 5.09. The summed E-state index contributed by atoms with van der Waals surface area (Å²) >= 11 is 7.58. The SMILES string of the molecule is Cc1ccc(F)c(NC(=O)Cc2csc(-c3ccccc3Cl)n2)c1. The number of anilines is 1. The molecule has 0 unspecified atom stereocenters. The van der Waals surface area contributed by atoms with Crippen LogP contribution in [0.2, 0.25) is 5.02 Å². The number of aromatic nitrogens is 1.